The maximum Gasteiger partial charge on any atom is 0.191 e. The van der Waals surface area contributed by atoms with Gasteiger partial charge in [-0.2, -0.15) is 5.10 Å². The molecule has 6 nitrogen and oxygen atoms in total. The van der Waals surface area contributed by atoms with Crippen molar-refractivity contribution in [1.29, 1.82) is 0 Å². The van der Waals surface area contributed by atoms with Crippen molar-refractivity contribution >= 4 is 29.9 Å². The predicted octanol–water partition coefficient (Wildman–Crippen LogP) is 2.29. The lowest BCUT2D eigenvalue weighted by Crippen LogP contribution is -2.36. The Hall–Kier alpha value is -1.77. The minimum absolute atomic E-state index is 0. The van der Waals surface area contributed by atoms with Crippen molar-refractivity contribution in [2.75, 3.05) is 13.7 Å². The molecule has 0 saturated carbocycles. The number of nitrogens with one attached hydrogen (secondary N) is 3. The second-order valence-corrected chi connectivity index (χ2v) is 4.48. The lowest BCUT2D eigenvalue weighted by Gasteiger charge is -2.10. The number of aromatic nitrogens is 2. The summed E-state index contributed by atoms with van der Waals surface area (Å²) in [6.45, 7) is 4.10. The molecule has 0 aliphatic carbocycles. The third-order valence-corrected chi connectivity index (χ3v) is 2.90. The Bertz CT molecular complexity index is 571. The standard InChI is InChI=1S/C15H21N5O.HI/c1-3-16-15(18-11-13-7-8-19-20-13)17-10-12-5-4-6-14(9-12)21-2;/h4-9H,3,10-11H2,1-2H3,(H,19,20)(H2,16,17,18);1H. The Morgan fingerprint density at radius 2 is 2.18 bits per heavy atom. The highest BCUT2D eigenvalue weighted by Gasteiger charge is 2.00. The molecule has 0 radical (unpaired) electrons. The maximum atomic E-state index is 5.21. The topological polar surface area (TPSA) is 74.3 Å². The lowest BCUT2D eigenvalue weighted by molar-refractivity contribution is 0.414. The number of benzene rings is 1. The molecule has 7 heteroatoms. The Kier molecular flexibility index (Phi) is 8.34. The lowest BCUT2D eigenvalue weighted by atomic mass is 10.2. The SMILES string of the molecule is CCNC(=NCc1cccc(OC)c1)NCc1ccn[nH]1.I. The third kappa shape index (κ3) is 5.92. The van der Waals surface area contributed by atoms with Crippen molar-refractivity contribution < 1.29 is 4.74 Å². The van der Waals surface area contributed by atoms with E-state index in [1.807, 2.05) is 37.3 Å². The first-order valence-corrected chi connectivity index (χ1v) is 6.95. The van der Waals surface area contributed by atoms with E-state index < -0.39 is 0 Å². The van der Waals surface area contributed by atoms with Crippen LogP contribution in [0.2, 0.25) is 0 Å². The van der Waals surface area contributed by atoms with E-state index in [4.69, 9.17) is 4.74 Å². The second-order valence-electron chi connectivity index (χ2n) is 4.48. The quantitative estimate of drug-likeness (QED) is 0.385. The van der Waals surface area contributed by atoms with Crippen LogP contribution >= 0.6 is 24.0 Å². The summed E-state index contributed by atoms with van der Waals surface area (Å²) in [7, 11) is 1.67. The number of H-pyrrole nitrogens is 1. The van der Waals surface area contributed by atoms with E-state index in [2.05, 4.69) is 25.8 Å². The largest absolute Gasteiger partial charge is 0.497 e. The number of aliphatic imine (C=N–C) groups is 1. The molecule has 1 aromatic heterocycles. The van der Waals surface area contributed by atoms with E-state index in [1.165, 1.54) is 0 Å². The molecular formula is C15H22IN5O. The van der Waals surface area contributed by atoms with Gasteiger partial charge in [-0.25, -0.2) is 4.99 Å². The summed E-state index contributed by atoms with van der Waals surface area (Å²) >= 11 is 0. The summed E-state index contributed by atoms with van der Waals surface area (Å²) < 4.78 is 5.21. The van der Waals surface area contributed by atoms with Crippen LogP contribution in [-0.4, -0.2) is 29.8 Å². The molecule has 0 spiro atoms. The third-order valence-electron chi connectivity index (χ3n) is 2.90. The summed E-state index contributed by atoms with van der Waals surface area (Å²) in [4.78, 5) is 4.56. The molecule has 2 aromatic rings. The van der Waals surface area contributed by atoms with Crippen LogP contribution in [-0.2, 0) is 13.1 Å². The first-order chi connectivity index (χ1) is 10.3. The highest BCUT2D eigenvalue weighted by Crippen LogP contribution is 2.13. The number of ether oxygens (including phenoxy) is 1. The average Bonchev–Trinajstić information content (AvgIpc) is 3.03. The van der Waals surface area contributed by atoms with Crippen LogP contribution in [0.15, 0.2) is 41.5 Å². The molecule has 0 amide bonds. The molecule has 0 fully saturated rings. The summed E-state index contributed by atoms with van der Waals surface area (Å²) in [5.74, 6) is 1.62. The molecule has 0 bridgehead atoms. The maximum absolute atomic E-state index is 5.21. The minimum Gasteiger partial charge on any atom is -0.497 e. The van der Waals surface area contributed by atoms with Gasteiger partial charge in [-0.15, -0.1) is 24.0 Å². The van der Waals surface area contributed by atoms with Gasteiger partial charge in [0, 0.05) is 12.7 Å². The van der Waals surface area contributed by atoms with E-state index in [1.54, 1.807) is 13.3 Å². The number of nitrogens with zero attached hydrogens (tertiary/aromatic N) is 2. The first kappa shape index (κ1) is 18.3. The van der Waals surface area contributed by atoms with Crippen molar-refractivity contribution in [3.63, 3.8) is 0 Å². The molecular weight excluding hydrogens is 393 g/mol. The van der Waals surface area contributed by atoms with Gasteiger partial charge in [0.2, 0.25) is 0 Å². The van der Waals surface area contributed by atoms with Gasteiger partial charge >= 0.3 is 0 Å². The average molecular weight is 415 g/mol. The smallest absolute Gasteiger partial charge is 0.191 e. The van der Waals surface area contributed by atoms with Crippen molar-refractivity contribution in [3.05, 3.63) is 47.8 Å². The summed E-state index contributed by atoms with van der Waals surface area (Å²) in [5, 5.41) is 13.3. The number of rotatable bonds is 6. The zero-order valence-electron chi connectivity index (χ0n) is 12.8. The Balaban J connectivity index is 0.00000242. The highest BCUT2D eigenvalue weighted by molar-refractivity contribution is 14.0. The zero-order chi connectivity index (χ0) is 14.9. The Morgan fingerprint density at radius 1 is 1.32 bits per heavy atom. The van der Waals surface area contributed by atoms with Crippen molar-refractivity contribution in [2.45, 2.75) is 20.0 Å². The fraction of sp³-hybridized carbons (Fsp3) is 0.333. The van der Waals surface area contributed by atoms with Gasteiger partial charge in [0.1, 0.15) is 5.75 Å². The number of aromatic amines is 1. The van der Waals surface area contributed by atoms with Crippen LogP contribution in [0.25, 0.3) is 0 Å². The van der Waals surface area contributed by atoms with Gasteiger partial charge < -0.3 is 15.4 Å². The van der Waals surface area contributed by atoms with Gasteiger partial charge in [0.05, 0.1) is 25.9 Å². The molecule has 120 valence electrons. The van der Waals surface area contributed by atoms with Crippen molar-refractivity contribution in [2.24, 2.45) is 4.99 Å². The predicted molar refractivity (Wildman–Crippen MR) is 98.7 cm³/mol. The van der Waals surface area contributed by atoms with Crippen molar-refractivity contribution in [3.8, 4) is 5.75 Å². The van der Waals surface area contributed by atoms with Crippen LogP contribution in [0.3, 0.4) is 0 Å². The molecule has 2 rings (SSSR count). The van der Waals surface area contributed by atoms with Gasteiger partial charge in [-0.05, 0) is 30.7 Å². The Morgan fingerprint density at radius 3 is 2.86 bits per heavy atom. The minimum atomic E-state index is 0. The number of methoxy groups -OCH3 is 1. The molecule has 0 unspecified atom stereocenters. The zero-order valence-corrected chi connectivity index (χ0v) is 15.1. The van der Waals surface area contributed by atoms with E-state index in [9.17, 15) is 0 Å². The highest BCUT2D eigenvalue weighted by atomic mass is 127. The molecule has 3 N–H and O–H groups in total. The van der Waals surface area contributed by atoms with Crippen LogP contribution < -0.4 is 15.4 Å². The molecule has 0 aliphatic rings. The molecule has 0 aliphatic heterocycles. The summed E-state index contributed by atoms with van der Waals surface area (Å²) in [5.41, 5.74) is 2.12. The van der Waals surface area contributed by atoms with Gasteiger partial charge in [0.15, 0.2) is 5.96 Å². The molecule has 1 heterocycles. The van der Waals surface area contributed by atoms with E-state index in [-0.39, 0.29) is 24.0 Å². The normalized spacial score (nSPS) is 10.7. The number of hydrogen-bond donors (Lipinski definition) is 3. The van der Waals surface area contributed by atoms with Crippen LogP contribution in [0, 0.1) is 0 Å². The second kappa shape index (κ2) is 10.0. The number of halogens is 1. The van der Waals surface area contributed by atoms with E-state index >= 15 is 0 Å². The van der Waals surface area contributed by atoms with Gasteiger partial charge in [-0.3, -0.25) is 5.10 Å². The van der Waals surface area contributed by atoms with Crippen LogP contribution in [0.4, 0.5) is 0 Å². The summed E-state index contributed by atoms with van der Waals surface area (Å²) in [6.07, 6.45) is 1.73. The molecule has 0 atom stereocenters. The monoisotopic (exact) mass is 415 g/mol. The molecule has 0 saturated heterocycles. The van der Waals surface area contributed by atoms with E-state index in [0.29, 0.717) is 13.1 Å². The Labute approximate surface area is 147 Å². The number of hydrogen-bond acceptors (Lipinski definition) is 3. The van der Waals surface area contributed by atoms with Crippen LogP contribution in [0.5, 0.6) is 5.75 Å². The van der Waals surface area contributed by atoms with Gasteiger partial charge in [0.25, 0.3) is 0 Å². The van der Waals surface area contributed by atoms with Crippen LogP contribution in [0.1, 0.15) is 18.2 Å². The fourth-order valence-corrected chi connectivity index (χ4v) is 1.84. The van der Waals surface area contributed by atoms with Crippen molar-refractivity contribution in [1.82, 2.24) is 20.8 Å². The van der Waals surface area contributed by atoms with E-state index in [0.717, 1.165) is 29.5 Å². The van der Waals surface area contributed by atoms with Gasteiger partial charge in [-0.1, -0.05) is 12.1 Å². The summed E-state index contributed by atoms with van der Waals surface area (Å²) in [6, 6.07) is 9.84. The first-order valence-electron chi connectivity index (χ1n) is 6.95. The molecule has 22 heavy (non-hydrogen) atoms. The fourth-order valence-electron chi connectivity index (χ4n) is 1.84. The number of guanidine groups is 1. The molecule has 1 aromatic carbocycles.